The highest BCUT2D eigenvalue weighted by atomic mass is 16.5. The van der Waals surface area contributed by atoms with E-state index in [4.69, 9.17) is 19.4 Å². The number of aromatic amines is 2. The molecule has 8 heteroatoms. The number of Topliss-reactive ketones (excluding diaryl/α,β-unsaturated/α-hetero) is 2. The molecule has 4 aromatic carbocycles. The van der Waals surface area contributed by atoms with Crippen molar-refractivity contribution >= 4 is 63.5 Å². The number of methoxy groups -OCH3 is 1. The molecule has 7 aromatic rings. The Hall–Kier alpha value is -7.84. The first-order chi connectivity index (χ1) is 29.4. The van der Waals surface area contributed by atoms with Gasteiger partial charge in [-0.25, -0.2) is 9.97 Å². The molecule has 60 heavy (non-hydrogen) atoms. The fraction of sp³-hybridized carbons (Fsp3) is 0.0769. The van der Waals surface area contributed by atoms with Crippen LogP contribution in [-0.2, 0) is 4.74 Å². The minimum Gasteiger partial charge on any atom is -0.497 e. The number of ether oxygens (including phenoxy) is 2. The van der Waals surface area contributed by atoms with Crippen LogP contribution in [0.5, 0.6) is 5.75 Å². The SMILES string of the molecule is COc1ccc(-c2c3ccc([nH]3)c(-c3ccccc3)c3nc(c(C4=C(OC(C)C)C(=O)c5ccccc5C4=O)c4nc(c(-c5ccccc5)c5ccc2[nH]5)C=C4)C=C3)cc1. The molecule has 8 bridgehead atoms. The first-order valence-corrected chi connectivity index (χ1v) is 19.9. The van der Waals surface area contributed by atoms with Crippen molar-refractivity contribution in [1.29, 1.82) is 0 Å². The Balaban J connectivity index is 1.39. The molecule has 3 aliphatic rings. The standard InChI is InChI=1S/C52H38N4O4/c1-30(2)60-52-49(50(57)35-16-10-11-17-36(35)51(52)58)48-43-28-26-39(55-43)45(31-12-6-4-7-13-31)37-22-24-41(53-37)47(33-18-20-34(59-3)21-19-33)42-25-23-38(54-42)46(32-14-8-5-9-15-32)40-27-29-44(48)56-40/h4-30,53-54H,1-3H3. The van der Waals surface area contributed by atoms with Crippen molar-refractivity contribution < 1.29 is 19.1 Å². The fourth-order valence-corrected chi connectivity index (χ4v) is 8.28. The lowest BCUT2D eigenvalue weighted by Gasteiger charge is -2.23. The summed E-state index contributed by atoms with van der Waals surface area (Å²) in [5.41, 5.74) is 12.5. The van der Waals surface area contributed by atoms with Crippen molar-refractivity contribution in [2.75, 3.05) is 7.11 Å². The van der Waals surface area contributed by atoms with Crippen LogP contribution in [0.3, 0.4) is 0 Å². The Labute approximate surface area is 346 Å². The molecule has 0 saturated carbocycles. The number of aromatic nitrogens is 4. The van der Waals surface area contributed by atoms with Crippen molar-refractivity contribution in [3.8, 4) is 39.1 Å². The van der Waals surface area contributed by atoms with Crippen LogP contribution in [0.1, 0.15) is 62.9 Å². The Morgan fingerprint density at radius 2 is 0.883 bits per heavy atom. The van der Waals surface area contributed by atoms with Crippen LogP contribution >= 0.6 is 0 Å². The van der Waals surface area contributed by atoms with Gasteiger partial charge < -0.3 is 19.4 Å². The Bertz CT molecular complexity index is 3010. The zero-order valence-electron chi connectivity index (χ0n) is 33.1. The number of allylic oxidation sites excluding steroid dienone is 2. The van der Waals surface area contributed by atoms with Gasteiger partial charge in [0.05, 0.1) is 41.6 Å². The third-order valence-corrected chi connectivity index (χ3v) is 10.9. The van der Waals surface area contributed by atoms with Crippen LogP contribution in [0, 0.1) is 0 Å². The van der Waals surface area contributed by atoms with Crippen LogP contribution in [0.4, 0.5) is 0 Å². The predicted octanol–water partition coefficient (Wildman–Crippen LogP) is 11.9. The first kappa shape index (κ1) is 36.5. The van der Waals surface area contributed by atoms with Crippen molar-refractivity contribution in [2.45, 2.75) is 20.0 Å². The number of carbonyl (C=O) groups excluding carboxylic acids is 2. The van der Waals surface area contributed by atoms with Gasteiger partial charge in [0.2, 0.25) is 5.78 Å². The Morgan fingerprint density at radius 3 is 1.35 bits per heavy atom. The molecule has 0 radical (unpaired) electrons. The monoisotopic (exact) mass is 782 g/mol. The zero-order valence-corrected chi connectivity index (χ0v) is 33.1. The molecule has 10 rings (SSSR count). The van der Waals surface area contributed by atoms with Crippen molar-refractivity contribution in [2.24, 2.45) is 0 Å². The van der Waals surface area contributed by atoms with Gasteiger partial charge in [0.15, 0.2) is 11.5 Å². The number of H-pyrrole nitrogens is 2. The van der Waals surface area contributed by atoms with E-state index in [1.165, 1.54) is 0 Å². The number of ketones is 2. The molecule has 2 aliphatic heterocycles. The van der Waals surface area contributed by atoms with Crippen LogP contribution in [0.2, 0.25) is 0 Å². The van der Waals surface area contributed by atoms with E-state index in [-0.39, 0.29) is 22.9 Å². The van der Waals surface area contributed by atoms with Gasteiger partial charge in [-0.3, -0.25) is 9.59 Å². The fourth-order valence-electron chi connectivity index (χ4n) is 8.28. The van der Waals surface area contributed by atoms with E-state index in [0.717, 1.165) is 61.2 Å². The quantitative estimate of drug-likeness (QED) is 0.167. The molecule has 0 spiro atoms. The van der Waals surface area contributed by atoms with Gasteiger partial charge in [0.1, 0.15) is 5.75 Å². The average Bonchev–Trinajstić information content (AvgIpc) is 4.13. The average molecular weight is 783 g/mol. The third kappa shape index (κ3) is 6.26. The second kappa shape index (κ2) is 14.8. The lowest BCUT2D eigenvalue weighted by Crippen LogP contribution is -2.25. The smallest absolute Gasteiger partial charge is 0.229 e. The summed E-state index contributed by atoms with van der Waals surface area (Å²) in [4.78, 5) is 47.4. The van der Waals surface area contributed by atoms with Crippen molar-refractivity contribution in [3.05, 3.63) is 179 Å². The van der Waals surface area contributed by atoms with Crippen LogP contribution in [0.25, 0.3) is 85.3 Å². The summed E-state index contributed by atoms with van der Waals surface area (Å²) < 4.78 is 11.8. The molecule has 0 atom stereocenters. The second-order valence-electron chi connectivity index (χ2n) is 15.0. The van der Waals surface area contributed by atoms with Crippen molar-refractivity contribution in [1.82, 2.24) is 19.9 Å². The maximum atomic E-state index is 14.9. The number of benzene rings is 4. The second-order valence-corrected chi connectivity index (χ2v) is 15.0. The number of hydrogen-bond acceptors (Lipinski definition) is 6. The number of nitrogens with one attached hydrogen (secondary N) is 2. The van der Waals surface area contributed by atoms with Gasteiger partial charge in [0.25, 0.3) is 0 Å². The van der Waals surface area contributed by atoms with Gasteiger partial charge in [-0.15, -0.1) is 0 Å². The van der Waals surface area contributed by atoms with Crippen LogP contribution in [-0.4, -0.2) is 44.7 Å². The molecule has 290 valence electrons. The molecular weight excluding hydrogens is 745 g/mol. The normalized spacial score (nSPS) is 13.3. The molecule has 1 aliphatic carbocycles. The van der Waals surface area contributed by atoms with Gasteiger partial charge in [-0.2, -0.15) is 0 Å². The molecule has 0 fully saturated rings. The summed E-state index contributed by atoms with van der Waals surface area (Å²) in [5, 5.41) is 0. The summed E-state index contributed by atoms with van der Waals surface area (Å²) in [5.74, 6) is 0.0579. The topological polar surface area (TPSA) is 110 Å². The van der Waals surface area contributed by atoms with E-state index < -0.39 is 6.10 Å². The highest BCUT2D eigenvalue weighted by molar-refractivity contribution is 6.40. The van der Waals surface area contributed by atoms with E-state index in [1.807, 2.05) is 86.7 Å². The largest absolute Gasteiger partial charge is 0.497 e. The van der Waals surface area contributed by atoms with E-state index in [1.54, 1.807) is 31.4 Å². The summed E-state index contributed by atoms with van der Waals surface area (Å²) in [7, 11) is 1.67. The van der Waals surface area contributed by atoms with Gasteiger partial charge in [0, 0.05) is 55.4 Å². The van der Waals surface area contributed by atoms with Crippen molar-refractivity contribution in [3.63, 3.8) is 0 Å². The summed E-state index contributed by atoms with van der Waals surface area (Å²) in [6.45, 7) is 3.69. The summed E-state index contributed by atoms with van der Waals surface area (Å²) in [6.07, 6.45) is 7.32. The lowest BCUT2D eigenvalue weighted by molar-refractivity contribution is 0.0821. The van der Waals surface area contributed by atoms with Crippen LogP contribution < -0.4 is 4.74 Å². The molecule has 0 unspecified atom stereocenters. The minimum atomic E-state index is -0.394. The van der Waals surface area contributed by atoms with E-state index in [9.17, 15) is 9.59 Å². The highest BCUT2D eigenvalue weighted by Crippen LogP contribution is 2.41. The van der Waals surface area contributed by atoms with Gasteiger partial charge in [-0.1, -0.05) is 97.1 Å². The summed E-state index contributed by atoms with van der Waals surface area (Å²) >= 11 is 0. The first-order valence-electron chi connectivity index (χ1n) is 19.9. The molecular formula is C52H38N4O4. The number of rotatable bonds is 7. The van der Waals surface area contributed by atoms with E-state index in [2.05, 4.69) is 70.6 Å². The number of carbonyl (C=O) groups is 2. The highest BCUT2D eigenvalue weighted by Gasteiger charge is 2.37. The molecule has 2 N–H and O–H groups in total. The molecule has 0 saturated heterocycles. The molecule has 5 heterocycles. The molecule has 8 nitrogen and oxygen atoms in total. The summed E-state index contributed by atoms with van der Waals surface area (Å²) in [6, 6.07) is 43.5. The zero-order chi connectivity index (χ0) is 40.9. The minimum absolute atomic E-state index is 0.0173. The maximum Gasteiger partial charge on any atom is 0.229 e. The van der Waals surface area contributed by atoms with E-state index in [0.29, 0.717) is 39.5 Å². The molecule has 3 aromatic heterocycles. The Kier molecular flexibility index (Phi) is 9.02. The lowest BCUT2D eigenvalue weighted by atomic mass is 9.84. The maximum absolute atomic E-state index is 14.9. The van der Waals surface area contributed by atoms with Gasteiger partial charge >= 0.3 is 0 Å². The van der Waals surface area contributed by atoms with E-state index >= 15 is 0 Å². The van der Waals surface area contributed by atoms with Gasteiger partial charge in [-0.05, 0) is 91.2 Å². The number of nitrogens with zero attached hydrogens (tertiary/aromatic N) is 2. The molecule has 0 amide bonds. The van der Waals surface area contributed by atoms with Crippen LogP contribution in [0.15, 0.2) is 139 Å². The predicted molar refractivity (Wildman–Crippen MR) is 240 cm³/mol. The number of fused-ring (bicyclic) bond motifs is 9. The Morgan fingerprint density at radius 1 is 0.467 bits per heavy atom. The number of hydrogen-bond donors (Lipinski definition) is 2. The third-order valence-electron chi connectivity index (χ3n) is 10.9.